The van der Waals surface area contributed by atoms with Crippen LogP contribution in [0.1, 0.15) is 30.6 Å². The van der Waals surface area contributed by atoms with Crippen molar-refractivity contribution < 1.29 is 4.79 Å². The quantitative estimate of drug-likeness (QED) is 0.901. The molecule has 5 heteroatoms. The van der Waals surface area contributed by atoms with Crippen LogP contribution < -0.4 is 10.6 Å². The number of nitrogens with zero attached hydrogens (tertiary/aromatic N) is 1. The molecule has 4 nitrogen and oxygen atoms in total. The lowest BCUT2D eigenvalue weighted by Gasteiger charge is -2.10. The molecular weight excluding hydrogens is 282 g/mol. The predicted octanol–water partition coefficient (Wildman–Crippen LogP) is 2.41. The van der Waals surface area contributed by atoms with E-state index in [1.807, 2.05) is 0 Å². The van der Waals surface area contributed by atoms with E-state index in [4.69, 9.17) is 0 Å². The van der Waals surface area contributed by atoms with Gasteiger partial charge in [-0.15, -0.1) is 0 Å². The van der Waals surface area contributed by atoms with Gasteiger partial charge >= 0.3 is 0 Å². The molecule has 2 rings (SSSR count). The molecule has 1 atom stereocenters. The number of hydrogen-bond donors (Lipinski definition) is 2. The normalized spacial score (nSPS) is 20.8. The van der Waals surface area contributed by atoms with Crippen LogP contribution in [0.25, 0.3) is 0 Å². The summed E-state index contributed by atoms with van der Waals surface area (Å²) in [6, 6.07) is 2.06. The Bertz CT molecular complexity index is 459. The molecule has 1 saturated carbocycles. The Kier molecular flexibility index (Phi) is 3.12. The topological polar surface area (TPSA) is 54.0 Å². The molecule has 1 aliphatic carbocycles. The van der Waals surface area contributed by atoms with E-state index in [9.17, 15) is 4.79 Å². The van der Waals surface area contributed by atoms with Gasteiger partial charge in [-0.25, -0.2) is 4.98 Å². The summed E-state index contributed by atoms with van der Waals surface area (Å²) in [5.41, 5.74) is 0.805. The lowest BCUT2D eigenvalue weighted by molar-refractivity contribution is 0.0947. The molecule has 1 aromatic rings. The highest BCUT2D eigenvalue weighted by molar-refractivity contribution is 9.10. The molecular formula is C12H16BrN3O. The third-order valence-corrected chi connectivity index (χ3v) is 3.59. The molecule has 1 unspecified atom stereocenters. The molecule has 1 fully saturated rings. The lowest BCUT2D eigenvalue weighted by Crippen LogP contribution is -2.29. The number of carbonyl (C=O) groups excluding carboxylic acids is 1. The summed E-state index contributed by atoms with van der Waals surface area (Å²) < 4.78 is 0.803. The van der Waals surface area contributed by atoms with Crippen molar-refractivity contribution in [2.75, 3.05) is 12.4 Å². The zero-order valence-electron chi connectivity index (χ0n) is 10.2. The molecule has 1 amide bonds. The van der Waals surface area contributed by atoms with Gasteiger partial charge in [0.25, 0.3) is 5.91 Å². The third kappa shape index (κ3) is 2.60. The zero-order valence-corrected chi connectivity index (χ0v) is 11.8. The molecule has 2 N–H and O–H groups in total. The predicted molar refractivity (Wildman–Crippen MR) is 71.1 cm³/mol. The van der Waals surface area contributed by atoms with Gasteiger partial charge in [0.1, 0.15) is 5.82 Å². The molecule has 0 radical (unpaired) electrons. The van der Waals surface area contributed by atoms with E-state index in [1.165, 1.54) is 0 Å². The van der Waals surface area contributed by atoms with Gasteiger partial charge in [0.2, 0.25) is 0 Å². The van der Waals surface area contributed by atoms with E-state index in [2.05, 4.69) is 45.4 Å². The van der Waals surface area contributed by atoms with Gasteiger partial charge in [0, 0.05) is 23.8 Å². The number of rotatable bonds is 3. The summed E-state index contributed by atoms with van der Waals surface area (Å²) in [7, 11) is 1.76. The number of amides is 1. The van der Waals surface area contributed by atoms with Gasteiger partial charge in [-0.1, -0.05) is 13.8 Å². The van der Waals surface area contributed by atoms with Gasteiger partial charge in [-0.05, 0) is 33.8 Å². The SMILES string of the molecule is CNc1ncc(Br)cc1C(=O)NC1CC1(C)C. The number of hydrogen-bond acceptors (Lipinski definition) is 3. The van der Waals surface area contributed by atoms with Crippen LogP contribution in [0.5, 0.6) is 0 Å². The maximum atomic E-state index is 12.1. The monoisotopic (exact) mass is 297 g/mol. The smallest absolute Gasteiger partial charge is 0.255 e. The molecule has 0 saturated heterocycles. The van der Waals surface area contributed by atoms with Gasteiger partial charge in [-0.3, -0.25) is 4.79 Å². The molecule has 0 bridgehead atoms. The van der Waals surface area contributed by atoms with Gasteiger partial charge in [0.15, 0.2) is 0 Å². The largest absolute Gasteiger partial charge is 0.372 e. The molecule has 17 heavy (non-hydrogen) atoms. The number of aromatic nitrogens is 1. The summed E-state index contributed by atoms with van der Waals surface area (Å²) in [5.74, 6) is 0.530. The van der Waals surface area contributed by atoms with Crippen LogP contribution in [0.3, 0.4) is 0 Å². The Morgan fingerprint density at radius 1 is 1.59 bits per heavy atom. The fourth-order valence-electron chi connectivity index (χ4n) is 1.76. The minimum absolute atomic E-state index is 0.0706. The Balaban J connectivity index is 2.16. The first-order valence-electron chi connectivity index (χ1n) is 5.58. The van der Waals surface area contributed by atoms with Crippen molar-refractivity contribution in [2.24, 2.45) is 5.41 Å². The first kappa shape index (κ1) is 12.4. The summed E-state index contributed by atoms with van der Waals surface area (Å²) >= 11 is 3.33. The number of nitrogens with one attached hydrogen (secondary N) is 2. The van der Waals surface area contributed by atoms with Crippen LogP contribution >= 0.6 is 15.9 Å². The van der Waals surface area contributed by atoms with Gasteiger partial charge in [-0.2, -0.15) is 0 Å². The van der Waals surface area contributed by atoms with Crippen molar-refractivity contribution in [3.05, 3.63) is 22.3 Å². The van der Waals surface area contributed by atoms with Crippen molar-refractivity contribution >= 4 is 27.7 Å². The highest BCUT2D eigenvalue weighted by atomic mass is 79.9. The van der Waals surface area contributed by atoms with Crippen LogP contribution in [0.4, 0.5) is 5.82 Å². The Morgan fingerprint density at radius 3 is 2.76 bits per heavy atom. The molecule has 0 aromatic carbocycles. The maximum Gasteiger partial charge on any atom is 0.255 e. The van der Waals surface area contributed by atoms with Crippen molar-refractivity contribution in [1.82, 2.24) is 10.3 Å². The number of anilines is 1. The van der Waals surface area contributed by atoms with E-state index >= 15 is 0 Å². The molecule has 92 valence electrons. The summed E-state index contributed by atoms with van der Waals surface area (Å²) in [6.45, 7) is 4.30. The first-order chi connectivity index (χ1) is 7.94. The zero-order chi connectivity index (χ0) is 12.6. The summed E-state index contributed by atoms with van der Waals surface area (Å²) in [5, 5.41) is 5.95. The highest BCUT2D eigenvalue weighted by Crippen LogP contribution is 2.44. The minimum Gasteiger partial charge on any atom is -0.372 e. The molecule has 1 aromatic heterocycles. The van der Waals surface area contributed by atoms with E-state index in [-0.39, 0.29) is 17.4 Å². The Labute approximate surface area is 109 Å². The fraction of sp³-hybridized carbons (Fsp3) is 0.500. The van der Waals surface area contributed by atoms with Gasteiger partial charge < -0.3 is 10.6 Å². The number of halogens is 1. The molecule has 0 aliphatic heterocycles. The third-order valence-electron chi connectivity index (χ3n) is 3.15. The molecule has 0 spiro atoms. The second-order valence-electron chi connectivity index (χ2n) is 5.02. The van der Waals surface area contributed by atoms with E-state index in [1.54, 1.807) is 19.3 Å². The van der Waals surface area contributed by atoms with Crippen molar-refractivity contribution in [3.8, 4) is 0 Å². The number of carbonyl (C=O) groups is 1. The Hall–Kier alpha value is -1.10. The van der Waals surface area contributed by atoms with E-state index < -0.39 is 0 Å². The van der Waals surface area contributed by atoms with Gasteiger partial charge in [0.05, 0.1) is 5.56 Å². The van der Waals surface area contributed by atoms with Crippen LogP contribution in [0, 0.1) is 5.41 Å². The standard InChI is InChI=1S/C12H16BrN3O/c1-12(2)5-9(12)16-11(17)8-4-7(13)6-15-10(8)14-3/h4,6,9H,5H2,1-3H3,(H,14,15)(H,16,17). The van der Waals surface area contributed by atoms with E-state index in [0.29, 0.717) is 11.4 Å². The summed E-state index contributed by atoms with van der Waals surface area (Å²) in [6.07, 6.45) is 2.71. The first-order valence-corrected chi connectivity index (χ1v) is 6.37. The Morgan fingerprint density at radius 2 is 2.24 bits per heavy atom. The van der Waals surface area contributed by atoms with Crippen LogP contribution in [-0.4, -0.2) is 24.0 Å². The van der Waals surface area contributed by atoms with Crippen LogP contribution in [0.2, 0.25) is 0 Å². The van der Waals surface area contributed by atoms with Crippen LogP contribution in [0.15, 0.2) is 16.7 Å². The lowest BCUT2D eigenvalue weighted by atomic mass is 10.2. The number of pyridine rings is 1. The van der Waals surface area contributed by atoms with Crippen LogP contribution in [-0.2, 0) is 0 Å². The highest BCUT2D eigenvalue weighted by Gasteiger charge is 2.46. The van der Waals surface area contributed by atoms with Crippen molar-refractivity contribution in [3.63, 3.8) is 0 Å². The average molecular weight is 298 g/mol. The molecule has 1 heterocycles. The maximum absolute atomic E-state index is 12.1. The summed E-state index contributed by atoms with van der Waals surface area (Å²) in [4.78, 5) is 16.3. The van der Waals surface area contributed by atoms with Crippen molar-refractivity contribution in [1.29, 1.82) is 0 Å². The fourth-order valence-corrected chi connectivity index (χ4v) is 2.09. The van der Waals surface area contributed by atoms with Crippen molar-refractivity contribution in [2.45, 2.75) is 26.3 Å². The second kappa shape index (κ2) is 4.29. The average Bonchev–Trinajstić information content (AvgIpc) is 2.85. The second-order valence-corrected chi connectivity index (χ2v) is 5.93. The molecule has 1 aliphatic rings. The minimum atomic E-state index is -0.0706. The van der Waals surface area contributed by atoms with E-state index in [0.717, 1.165) is 10.9 Å².